The lowest BCUT2D eigenvalue weighted by atomic mass is 9.60. The molecule has 110 valence electrons. The van der Waals surface area contributed by atoms with Crippen molar-refractivity contribution in [3.63, 3.8) is 0 Å². The monoisotopic (exact) mass is 280 g/mol. The summed E-state index contributed by atoms with van der Waals surface area (Å²) in [6, 6.07) is 0. The highest BCUT2D eigenvalue weighted by Gasteiger charge is 2.59. The lowest BCUT2D eigenvalue weighted by Gasteiger charge is -2.51. The molecule has 5 heteroatoms. The van der Waals surface area contributed by atoms with Crippen molar-refractivity contribution in [3.8, 4) is 0 Å². The number of ether oxygens (including phenoxy) is 3. The average molecular weight is 280 g/mol. The van der Waals surface area contributed by atoms with Crippen molar-refractivity contribution in [3.05, 3.63) is 11.1 Å². The molecule has 2 aliphatic carbocycles. The molecule has 1 heterocycles. The number of carbonyl (C=O) groups is 2. The molecule has 0 amide bonds. The van der Waals surface area contributed by atoms with Gasteiger partial charge in [-0.25, -0.2) is 4.79 Å². The number of methoxy groups -OCH3 is 1. The number of Topliss-reactive ketones (excluding diaryl/α,β-unsaturated/α-hetero) is 1. The summed E-state index contributed by atoms with van der Waals surface area (Å²) in [5.74, 6) is -1.30. The molecule has 0 bridgehead atoms. The van der Waals surface area contributed by atoms with Crippen molar-refractivity contribution in [2.24, 2.45) is 5.41 Å². The van der Waals surface area contributed by atoms with E-state index in [4.69, 9.17) is 14.2 Å². The van der Waals surface area contributed by atoms with E-state index in [2.05, 4.69) is 6.92 Å². The van der Waals surface area contributed by atoms with Gasteiger partial charge < -0.3 is 14.2 Å². The smallest absolute Gasteiger partial charge is 0.341 e. The van der Waals surface area contributed by atoms with Crippen molar-refractivity contribution in [1.82, 2.24) is 0 Å². The van der Waals surface area contributed by atoms with Crippen LogP contribution in [0.3, 0.4) is 0 Å². The van der Waals surface area contributed by atoms with Crippen LogP contribution in [0, 0.1) is 5.41 Å². The first-order valence-electron chi connectivity index (χ1n) is 7.17. The first-order valence-corrected chi connectivity index (χ1v) is 7.17. The summed E-state index contributed by atoms with van der Waals surface area (Å²) >= 11 is 0. The van der Waals surface area contributed by atoms with E-state index in [1.165, 1.54) is 7.11 Å². The van der Waals surface area contributed by atoms with Crippen LogP contribution >= 0.6 is 0 Å². The number of hydrogen-bond acceptors (Lipinski definition) is 5. The van der Waals surface area contributed by atoms with Gasteiger partial charge in [-0.3, -0.25) is 4.79 Å². The zero-order chi connectivity index (χ0) is 14.4. The highest BCUT2D eigenvalue weighted by Crippen LogP contribution is 2.57. The van der Waals surface area contributed by atoms with Crippen molar-refractivity contribution in [2.45, 2.75) is 44.8 Å². The summed E-state index contributed by atoms with van der Waals surface area (Å²) in [4.78, 5) is 24.1. The van der Waals surface area contributed by atoms with Crippen molar-refractivity contribution in [1.29, 1.82) is 0 Å². The number of ketones is 1. The van der Waals surface area contributed by atoms with Gasteiger partial charge in [-0.1, -0.05) is 6.92 Å². The van der Waals surface area contributed by atoms with E-state index in [1.807, 2.05) is 0 Å². The number of esters is 1. The van der Waals surface area contributed by atoms with Gasteiger partial charge in [-0.15, -0.1) is 0 Å². The van der Waals surface area contributed by atoms with Crippen LogP contribution in [-0.4, -0.2) is 37.9 Å². The first-order chi connectivity index (χ1) is 9.54. The van der Waals surface area contributed by atoms with Gasteiger partial charge in [-0.05, 0) is 24.8 Å². The van der Waals surface area contributed by atoms with E-state index < -0.39 is 17.2 Å². The maximum absolute atomic E-state index is 12.2. The third kappa shape index (κ3) is 1.69. The topological polar surface area (TPSA) is 61.8 Å². The van der Waals surface area contributed by atoms with E-state index in [0.717, 1.165) is 24.8 Å². The summed E-state index contributed by atoms with van der Waals surface area (Å²) < 4.78 is 16.7. The van der Waals surface area contributed by atoms with Gasteiger partial charge in [-0.2, -0.15) is 0 Å². The molecule has 0 aromatic rings. The molecule has 5 nitrogen and oxygen atoms in total. The third-order valence-corrected chi connectivity index (χ3v) is 5.02. The second-order valence-corrected chi connectivity index (χ2v) is 5.90. The molecule has 1 saturated carbocycles. The highest BCUT2D eigenvalue weighted by atomic mass is 16.7. The zero-order valence-electron chi connectivity index (χ0n) is 12.0. The summed E-state index contributed by atoms with van der Waals surface area (Å²) in [6.45, 7) is 3.21. The molecule has 1 saturated heterocycles. The first kappa shape index (κ1) is 13.8. The van der Waals surface area contributed by atoms with Crippen LogP contribution in [0.1, 0.15) is 39.0 Å². The lowest BCUT2D eigenvalue weighted by Crippen LogP contribution is -2.53. The van der Waals surface area contributed by atoms with Gasteiger partial charge in [0.05, 0.1) is 20.3 Å². The fourth-order valence-corrected chi connectivity index (χ4v) is 3.94. The predicted molar refractivity (Wildman–Crippen MR) is 69.9 cm³/mol. The Morgan fingerprint density at radius 2 is 1.90 bits per heavy atom. The molecule has 1 atom stereocenters. The number of rotatable bonds is 1. The van der Waals surface area contributed by atoms with Gasteiger partial charge >= 0.3 is 5.97 Å². The molecule has 2 fully saturated rings. The molecule has 0 radical (unpaired) electrons. The van der Waals surface area contributed by atoms with Crippen LogP contribution in [0.2, 0.25) is 0 Å². The van der Waals surface area contributed by atoms with E-state index in [9.17, 15) is 9.59 Å². The second kappa shape index (κ2) is 4.67. The van der Waals surface area contributed by atoms with Gasteiger partial charge in [0.2, 0.25) is 0 Å². The van der Waals surface area contributed by atoms with E-state index in [1.54, 1.807) is 0 Å². The molecule has 1 spiro atoms. The Labute approximate surface area is 118 Å². The minimum absolute atomic E-state index is 0.112. The largest absolute Gasteiger partial charge is 0.465 e. The molecule has 0 aromatic carbocycles. The molecular weight excluding hydrogens is 260 g/mol. The Kier molecular flexibility index (Phi) is 3.21. The zero-order valence-corrected chi connectivity index (χ0v) is 12.0. The maximum atomic E-state index is 12.2. The molecule has 20 heavy (non-hydrogen) atoms. The predicted octanol–water partition coefficient (Wildman–Crippen LogP) is 1.75. The van der Waals surface area contributed by atoms with Gasteiger partial charge in [0.1, 0.15) is 5.57 Å². The fraction of sp³-hybridized carbons (Fsp3) is 0.733. The Hall–Kier alpha value is -1.20. The van der Waals surface area contributed by atoms with Crippen LogP contribution in [0.25, 0.3) is 0 Å². The van der Waals surface area contributed by atoms with E-state index >= 15 is 0 Å². The Morgan fingerprint density at radius 1 is 1.20 bits per heavy atom. The van der Waals surface area contributed by atoms with Crippen molar-refractivity contribution in [2.75, 3.05) is 20.3 Å². The number of hydrogen-bond donors (Lipinski definition) is 0. The molecule has 0 N–H and O–H groups in total. The summed E-state index contributed by atoms with van der Waals surface area (Å²) in [6.07, 6.45) is 3.43. The Balaban J connectivity index is 2.13. The Morgan fingerprint density at radius 3 is 2.55 bits per heavy atom. The lowest BCUT2D eigenvalue weighted by molar-refractivity contribution is -0.237. The summed E-state index contributed by atoms with van der Waals surface area (Å²) in [7, 11) is 1.32. The fourth-order valence-electron chi connectivity index (χ4n) is 3.94. The molecule has 0 aromatic heterocycles. The quantitative estimate of drug-likeness (QED) is 0.541. The van der Waals surface area contributed by atoms with E-state index in [-0.39, 0.29) is 11.4 Å². The minimum Gasteiger partial charge on any atom is -0.465 e. The maximum Gasteiger partial charge on any atom is 0.341 e. The number of carbonyl (C=O) groups excluding carboxylic acids is 2. The van der Waals surface area contributed by atoms with Crippen LogP contribution in [0.4, 0.5) is 0 Å². The summed E-state index contributed by atoms with van der Waals surface area (Å²) in [5.41, 5.74) is 0.701. The van der Waals surface area contributed by atoms with Crippen LogP contribution in [0.5, 0.6) is 0 Å². The SMILES string of the molecule is COC(=O)C1=C2CCCC3(OCCO3)[C@]2(C)CCC1=O. The minimum atomic E-state index is -0.666. The molecule has 3 aliphatic rings. The van der Waals surface area contributed by atoms with Gasteiger partial charge in [0, 0.05) is 18.3 Å². The van der Waals surface area contributed by atoms with Gasteiger partial charge in [0.15, 0.2) is 11.6 Å². The molecular formula is C15H20O5. The standard InChI is InChI=1S/C15H20O5/c1-14-7-5-11(16)12(13(17)18-2)10(14)4-3-6-15(14)19-8-9-20-15/h3-9H2,1-2H3/t14-/m1/s1. The van der Waals surface area contributed by atoms with Crippen molar-refractivity contribution < 1.29 is 23.8 Å². The Bertz CT molecular complexity index is 486. The third-order valence-electron chi connectivity index (χ3n) is 5.02. The molecule has 3 rings (SSSR count). The second-order valence-electron chi connectivity index (χ2n) is 5.90. The molecule has 1 aliphatic heterocycles. The van der Waals surface area contributed by atoms with Crippen LogP contribution in [-0.2, 0) is 23.8 Å². The highest BCUT2D eigenvalue weighted by molar-refractivity contribution is 6.18. The van der Waals surface area contributed by atoms with Crippen LogP contribution in [0.15, 0.2) is 11.1 Å². The van der Waals surface area contributed by atoms with Crippen LogP contribution < -0.4 is 0 Å². The van der Waals surface area contributed by atoms with E-state index in [0.29, 0.717) is 26.1 Å². The molecule has 0 unspecified atom stereocenters. The normalized spacial score (nSPS) is 32.4. The van der Waals surface area contributed by atoms with Crippen molar-refractivity contribution >= 4 is 11.8 Å². The summed E-state index contributed by atoms with van der Waals surface area (Å²) in [5, 5.41) is 0. The average Bonchev–Trinajstić information content (AvgIpc) is 2.91. The van der Waals surface area contributed by atoms with Gasteiger partial charge in [0.25, 0.3) is 0 Å². The number of fused-ring (bicyclic) bond motifs is 2.